The van der Waals surface area contributed by atoms with Gasteiger partial charge in [0.25, 0.3) is 5.91 Å². The van der Waals surface area contributed by atoms with Crippen LogP contribution in [0, 0.1) is 0 Å². The molecule has 26 heavy (non-hydrogen) atoms. The number of pyridine rings is 1. The van der Waals surface area contributed by atoms with Crippen LogP contribution in [0.2, 0.25) is 0 Å². The minimum absolute atomic E-state index is 0.0448. The van der Waals surface area contributed by atoms with Gasteiger partial charge in [-0.3, -0.25) is 14.9 Å². The smallest absolute Gasteiger partial charge is 0.410 e. The first-order valence-electron chi connectivity index (χ1n) is 8.46. The number of amides is 2. The molecule has 138 valence electrons. The fraction of sp³-hybridized carbons (Fsp3) is 0.444. The van der Waals surface area contributed by atoms with Crippen molar-refractivity contribution in [3.05, 3.63) is 36.2 Å². The molecule has 1 fully saturated rings. The molecule has 0 bridgehead atoms. The lowest BCUT2D eigenvalue weighted by Gasteiger charge is -2.43. The summed E-state index contributed by atoms with van der Waals surface area (Å²) in [6.07, 6.45) is 1.32. The summed E-state index contributed by atoms with van der Waals surface area (Å²) in [7, 11) is 1.72. The maximum Gasteiger partial charge on any atom is 0.410 e. The van der Waals surface area contributed by atoms with Crippen molar-refractivity contribution in [3.8, 4) is 11.4 Å². The largest absolute Gasteiger partial charge is 0.444 e. The number of carbonyl (C=O) groups excluding carboxylic acids is 2. The van der Waals surface area contributed by atoms with E-state index in [0.29, 0.717) is 30.2 Å². The SMILES string of the molecule is CN(C(=O)c1cc(-c2ccccn2)n[nH]1)C1CN(C(=O)OC(C)(C)C)C1. The number of carbonyl (C=O) groups is 2. The zero-order valence-corrected chi connectivity index (χ0v) is 15.4. The Morgan fingerprint density at radius 2 is 2.00 bits per heavy atom. The number of aromatic amines is 1. The first-order valence-corrected chi connectivity index (χ1v) is 8.46. The van der Waals surface area contributed by atoms with Crippen molar-refractivity contribution in [2.24, 2.45) is 0 Å². The molecule has 0 aliphatic carbocycles. The molecule has 0 spiro atoms. The van der Waals surface area contributed by atoms with Crippen LogP contribution in [0.3, 0.4) is 0 Å². The van der Waals surface area contributed by atoms with Crippen molar-refractivity contribution in [1.82, 2.24) is 25.0 Å². The molecular formula is C18H23N5O3. The highest BCUT2D eigenvalue weighted by Gasteiger charge is 2.38. The van der Waals surface area contributed by atoms with Gasteiger partial charge in [-0.25, -0.2) is 4.79 Å². The number of nitrogens with zero attached hydrogens (tertiary/aromatic N) is 4. The van der Waals surface area contributed by atoms with Crippen LogP contribution in [-0.2, 0) is 4.74 Å². The van der Waals surface area contributed by atoms with Crippen molar-refractivity contribution >= 4 is 12.0 Å². The molecule has 8 heteroatoms. The fourth-order valence-corrected chi connectivity index (χ4v) is 2.61. The van der Waals surface area contributed by atoms with E-state index in [9.17, 15) is 9.59 Å². The summed E-state index contributed by atoms with van der Waals surface area (Å²) in [5.74, 6) is -0.173. The van der Waals surface area contributed by atoms with E-state index in [0.717, 1.165) is 0 Å². The Morgan fingerprint density at radius 3 is 2.62 bits per heavy atom. The summed E-state index contributed by atoms with van der Waals surface area (Å²) in [6.45, 7) is 6.40. The van der Waals surface area contributed by atoms with Crippen LogP contribution >= 0.6 is 0 Å². The zero-order valence-electron chi connectivity index (χ0n) is 15.4. The molecule has 3 rings (SSSR count). The standard InChI is InChI=1S/C18H23N5O3/c1-18(2,3)26-17(25)23-10-12(11-23)22(4)16(24)15-9-14(20-21-15)13-7-5-6-8-19-13/h5-9,12H,10-11H2,1-4H3,(H,20,21). The Bertz CT molecular complexity index is 791. The maximum absolute atomic E-state index is 12.6. The Morgan fingerprint density at radius 1 is 1.27 bits per heavy atom. The van der Waals surface area contributed by atoms with Crippen LogP contribution in [0.25, 0.3) is 11.4 Å². The van der Waals surface area contributed by atoms with Gasteiger partial charge in [-0.1, -0.05) is 6.07 Å². The molecule has 1 aliphatic heterocycles. The predicted octanol–water partition coefficient (Wildman–Crippen LogP) is 2.16. The summed E-state index contributed by atoms with van der Waals surface area (Å²) < 4.78 is 5.33. The second-order valence-electron chi connectivity index (χ2n) is 7.34. The summed E-state index contributed by atoms with van der Waals surface area (Å²) in [5, 5.41) is 6.92. The van der Waals surface area contributed by atoms with E-state index in [1.54, 1.807) is 29.1 Å². The molecule has 2 aromatic rings. The van der Waals surface area contributed by atoms with Crippen LogP contribution in [0.4, 0.5) is 4.79 Å². The summed E-state index contributed by atoms with van der Waals surface area (Å²) in [4.78, 5) is 32.0. The van der Waals surface area contributed by atoms with E-state index in [-0.39, 0.29) is 18.0 Å². The highest BCUT2D eigenvalue weighted by Crippen LogP contribution is 2.20. The average Bonchev–Trinajstić information content (AvgIpc) is 3.01. The molecule has 3 heterocycles. The fourth-order valence-electron chi connectivity index (χ4n) is 2.61. The summed E-state index contributed by atoms with van der Waals surface area (Å²) in [5.41, 5.74) is 1.18. The molecule has 2 amide bonds. The molecule has 1 N–H and O–H groups in total. The summed E-state index contributed by atoms with van der Waals surface area (Å²) in [6, 6.07) is 7.16. The van der Waals surface area contributed by atoms with Gasteiger partial charge in [-0.15, -0.1) is 0 Å². The molecule has 2 aromatic heterocycles. The van der Waals surface area contributed by atoms with Gasteiger partial charge in [0.15, 0.2) is 0 Å². The molecule has 0 unspecified atom stereocenters. The second-order valence-corrected chi connectivity index (χ2v) is 7.34. The Labute approximate surface area is 152 Å². The van der Waals surface area contributed by atoms with Gasteiger partial charge in [0.2, 0.25) is 0 Å². The van der Waals surface area contributed by atoms with E-state index in [1.807, 2.05) is 39.0 Å². The second kappa shape index (κ2) is 6.78. The highest BCUT2D eigenvalue weighted by atomic mass is 16.6. The molecule has 1 saturated heterocycles. The molecular weight excluding hydrogens is 334 g/mol. The van der Waals surface area contributed by atoms with Gasteiger partial charge in [-0.05, 0) is 39.0 Å². The van der Waals surface area contributed by atoms with E-state index < -0.39 is 5.60 Å². The first-order chi connectivity index (χ1) is 12.2. The minimum atomic E-state index is -0.526. The van der Waals surface area contributed by atoms with Gasteiger partial charge in [-0.2, -0.15) is 5.10 Å². The van der Waals surface area contributed by atoms with Gasteiger partial charge < -0.3 is 14.5 Å². The predicted molar refractivity (Wildman–Crippen MR) is 95.5 cm³/mol. The lowest BCUT2D eigenvalue weighted by atomic mass is 10.1. The molecule has 1 aliphatic rings. The molecule has 8 nitrogen and oxygen atoms in total. The number of likely N-dealkylation sites (tertiary alicyclic amines) is 1. The highest BCUT2D eigenvalue weighted by molar-refractivity contribution is 5.93. The third-order valence-corrected chi connectivity index (χ3v) is 4.12. The number of likely N-dealkylation sites (N-methyl/N-ethyl adjacent to an activating group) is 1. The van der Waals surface area contributed by atoms with Crippen LogP contribution in [0.5, 0.6) is 0 Å². The number of hydrogen-bond donors (Lipinski definition) is 1. The minimum Gasteiger partial charge on any atom is -0.444 e. The van der Waals surface area contributed by atoms with Crippen molar-refractivity contribution in [3.63, 3.8) is 0 Å². The Balaban J connectivity index is 1.58. The van der Waals surface area contributed by atoms with Crippen LogP contribution in [-0.4, -0.2) is 68.8 Å². The molecule has 0 radical (unpaired) electrons. The normalized spacial score (nSPS) is 14.7. The van der Waals surface area contributed by atoms with Gasteiger partial charge in [0.1, 0.15) is 17.0 Å². The molecule has 0 aromatic carbocycles. The lowest BCUT2D eigenvalue weighted by Crippen LogP contribution is -2.61. The number of aromatic nitrogens is 3. The van der Waals surface area contributed by atoms with Gasteiger partial charge >= 0.3 is 6.09 Å². The topological polar surface area (TPSA) is 91.4 Å². The Hall–Kier alpha value is -2.90. The van der Waals surface area contributed by atoms with Gasteiger partial charge in [0.05, 0.1) is 11.7 Å². The zero-order chi connectivity index (χ0) is 18.9. The van der Waals surface area contributed by atoms with Crippen LogP contribution in [0.15, 0.2) is 30.5 Å². The third-order valence-electron chi connectivity index (χ3n) is 4.12. The van der Waals surface area contributed by atoms with Gasteiger partial charge in [0, 0.05) is 26.3 Å². The van der Waals surface area contributed by atoms with E-state index in [4.69, 9.17) is 4.74 Å². The number of hydrogen-bond acceptors (Lipinski definition) is 5. The first kappa shape index (κ1) is 17.9. The van der Waals surface area contributed by atoms with Crippen LogP contribution in [0.1, 0.15) is 31.3 Å². The van der Waals surface area contributed by atoms with E-state index in [2.05, 4.69) is 15.2 Å². The number of rotatable bonds is 3. The maximum atomic E-state index is 12.6. The van der Waals surface area contributed by atoms with E-state index >= 15 is 0 Å². The van der Waals surface area contributed by atoms with E-state index in [1.165, 1.54) is 0 Å². The summed E-state index contributed by atoms with van der Waals surface area (Å²) >= 11 is 0. The number of nitrogens with one attached hydrogen (secondary N) is 1. The van der Waals surface area contributed by atoms with Crippen molar-refractivity contribution in [2.45, 2.75) is 32.4 Å². The van der Waals surface area contributed by atoms with Crippen molar-refractivity contribution < 1.29 is 14.3 Å². The molecule has 0 saturated carbocycles. The average molecular weight is 357 g/mol. The lowest BCUT2D eigenvalue weighted by molar-refractivity contribution is -0.00916. The van der Waals surface area contributed by atoms with Crippen molar-refractivity contribution in [2.75, 3.05) is 20.1 Å². The third kappa shape index (κ3) is 3.84. The Kier molecular flexibility index (Phi) is 4.67. The molecule has 0 atom stereocenters. The van der Waals surface area contributed by atoms with Crippen molar-refractivity contribution in [1.29, 1.82) is 0 Å². The quantitative estimate of drug-likeness (QED) is 0.909. The van der Waals surface area contributed by atoms with Crippen LogP contribution < -0.4 is 0 Å². The number of H-pyrrole nitrogens is 1. The monoisotopic (exact) mass is 357 g/mol. The number of ether oxygens (including phenoxy) is 1.